The second kappa shape index (κ2) is 12.8. The van der Waals surface area contributed by atoms with Crippen LogP contribution in [0.5, 0.6) is 0 Å². The third-order valence-corrected chi connectivity index (χ3v) is 7.77. The fourth-order valence-corrected chi connectivity index (χ4v) is 5.35. The Balaban J connectivity index is 1.51. The molecular formula is C31H34F2N8O4. The van der Waals surface area contributed by atoms with Gasteiger partial charge in [0.2, 0.25) is 0 Å². The average molecular weight is 621 g/mol. The minimum atomic E-state index is -1.04. The lowest BCUT2D eigenvalue weighted by atomic mass is 9.97. The molecule has 0 radical (unpaired) electrons. The van der Waals surface area contributed by atoms with E-state index in [1.807, 2.05) is 0 Å². The zero-order valence-electron chi connectivity index (χ0n) is 25.3. The number of nitrogens with one attached hydrogen (secondary N) is 4. The molecule has 0 unspecified atom stereocenters. The summed E-state index contributed by atoms with van der Waals surface area (Å²) in [5, 5.41) is 8.82. The number of H-pyrrole nitrogens is 1. The van der Waals surface area contributed by atoms with E-state index in [0.29, 0.717) is 59.7 Å². The molecule has 3 heterocycles. The summed E-state index contributed by atoms with van der Waals surface area (Å²) in [6.07, 6.45) is 4.42. The number of amides is 3. The molecule has 236 valence electrons. The van der Waals surface area contributed by atoms with Crippen LogP contribution >= 0.6 is 0 Å². The molecule has 0 saturated carbocycles. The maximum absolute atomic E-state index is 15.3. The number of aromatic amines is 1. The van der Waals surface area contributed by atoms with Crippen molar-refractivity contribution in [2.45, 2.75) is 37.8 Å². The first-order chi connectivity index (χ1) is 21.5. The summed E-state index contributed by atoms with van der Waals surface area (Å²) in [5.74, 6) is -2.83. The van der Waals surface area contributed by atoms with Crippen LogP contribution in [0.3, 0.4) is 0 Å². The third-order valence-electron chi connectivity index (χ3n) is 7.77. The van der Waals surface area contributed by atoms with E-state index in [-0.39, 0.29) is 16.9 Å². The van der Waals surface area contributed by atoms with Crippen molar-refractivity contribution in [3.63, 3.8) is 0 Å². The predicted octanol–water partition coefficient (Wildman–Crippen LogP) is 4.89. The normalized spacial score (nSPS) is 16.4. The van der Waals surface area contributed by atoms with Gasteiger partial charge in [-0.15, -0.1) is 0 Å². The number of carbonyl (C=O) groups excluding carboxylic acids is 3. The Morgan fingerprint density at radius 2 is 1.91 bits per heavy atom. The standard InChI is InChI=1S/C31H34F2N8O4/c1-16(30(43)40(2)3)20-8-6-7-9-21(39-29(42)25-19(32)13-24-27(26(25)33)35-15-41(24)4)28-34-14-23(38-28)18-11-10-17(12-22(18)37-20)36-31(44)45-5/h10-15,20-21,37H,1,6-9H2,2-5H3,(H,34,38)(H,36,44)(H,39,42)/t20-,21+/m1/s1. The van der Waals surface area contributed by atoms with Crippen molar-refractivity contribution in [1.82, 2.24) is 29.7 Å². The zero-order chi connectivity index (χ0) is 32.4. The van der Waals surface area contributed by atoms with E-state index in [0.717, 1.165) is 6.07 Å². The van der Waals surface area contributed by atoms with Gasteiger partial charge in [-0.25, -0.2) is 23.5 Å². The number of anilines is 2. The van der Waals surface area contributed by atoms with E-state index >= 15 is 8.78 Å². The van der Waals surface area contributed by atoms with Gasteiger partial charge in [0, 0.05) is 55.9 Å². The number of halogens is 2. The van der Waals surface area contributed by atoms with Crippen molar-refractivity contribution < 1.29 is 27.9 Å². The first kappa shape index (κ1) is 31.2. The van der Waals surface area contributed by atoms with Gasteiger partial charge in [-0.1, -0.05) is 19.4 Å². The molecule has 2 bridgehead atoms. The minimum Gasteiger partial charge on any atom is -0.453 e. The maximum Gasteiger partial charge on any atom is 0.411 e. The summed E-state index contributed by atoms with van der Waals surface area (Å²) in [6.45, 7) is 4.07. The van der Waals surface area contributed by atoms with E-state index in [1.165, 1.54) is 22.9 Å². The van der Waals surface area contributed by atoms with Gasteiger partial charge in [-0.3, -0.25) is 14.9 Å². The molecule has 1 aliphatic heterocycles. The molecule has 14 heteroatoms. The van der Waals surface area contributed by atoms with Crippen LogP contribution in [0.4, 0.5) is 25.0 Å². The van der Waals surface area contributed by atoms with Gasteiger partial charge in [0.25, 0.3) is 11.8 Å². The molecule has 3 amide bonds. The lowest BCUT2D eigenvalue weighted by Crippen LogP contribution is -2.33. The number of benzene rings is 2. The number of aryl methyl sites for hydroxylation is 1. The molecule has 1 aliphatic rings. The number of likely N-dealkylation sites (N-methyl/N-ethyl adjacent to an activating group) is 1. The number of carbonyl (C=O) groups is 3. The van der Waals surface area contributed by atoms with Crippen LogP contribution < -0.4 is 16.0 Å². The monoisotopic (exact) mass is 620 g/mol. The Hall–Kier alpha value is -5.27. The Kier molecular flexibility index (Phi) is 8.84. The van der Waals surface area contributed by atoms with Gasteiger partial charge < -0.3 is 29.8 Å². The molecule has 5 rings (SSSR count). The van der Waals surface area contributed by atoms with Crippen molar-refractivity contribution in [2.75, 3.05) is 31.8 Å². The smallest absolute Gasteiger partial charge is 0.411 e. The molecule has 0 fully saturated rings. The van der Waals surface area contributed by atoms with Crippen molar-refractivity contribution in [2.24, 2.45) is 7.05 Å². The summed E-state index contributed by atoms with van der Waals surface area (Å²) < 4.78 is 36.6. The number of imidazole rings is 2. The summed E-state index contributed by atoms with van der Waals surface area (Å²) >= 11 is 0. The Morgan fingerprint density at radius 1 is 1.16 bits per heavy atom. The number of hydrogen-bond donors (Lipinski definition) is 4. The fraction of sp³-hybridized carbons (Fsp3) is 0.323. The quantitative estimate of drug-likeness (QED) is 0.233. The van der Waals surface area contributed by atoms with Crippen LogP contribution in [0.1, 0.15) is 47.9 Å². The van der Waals surface area contributed by atoms with Gasteiger partial charge >= 0.3 is 6.09 Å². The second-order valence-electron chi connectivity index (χ2n) is 11.1. The molecule has 4 aromatic rings. The summed E-state index contributed by atoms with van der Waals surface area (Å²) in [6, 6.07) is 5.00. The van der Waals surface area contributed by atoms with Crippen molar-refractivity contribution in [3.05, 3.63) is 72.0 Å². The van der Waals surface area contributed by atoms with Gasteiger partial charge in [-0.2, -0.15) is 0 Å². The molecule has 2 atom stereocenters. The minimum absolute atomic E-state index is 0.105. The molecule has 0 spiro atoms. The van der Waals surface area contributed by atoms with E-state index < -0.39 is 41.3 Å². The van der Waals surface area contributed by atoms with E-state index in [1.54, 1.807) is 45.5 Å². The van der Waals surface area contributed by atoms with Crippen molar-refractivity contribution >= 4 is 40.3 Å². The van der Waals surface area contributed by atoms with Gasteiger partial charge in [0.05, 0.1) is 36.7 Å². The van der Waals surface area contributed by atoms with E-state index in [2.05, 4.69) is 32.5 Å². The topological polar surface area (TPSA) is 146 Å². The number of rotatable bonds is 5. The van der Waals surface area contributed by atoms with Crippen LogP contribution in [-0.4, -0.2) is 69.6 Å². The number of aromatic nitrogens is 4. The number of nitrogens with zero attached hydrogens (tertiary/aromatic N) is 4. The highest BCUT2D eigenvalue weighted by atomic mass is 19.1. The van der Waals surface area contributed by atoms with Crippen molar-refractivity contribution in [3.8, 4) is 11.3 Å². The number of hydrogen-bond acceptors (Lipinski definition) is 7. The predicted molar refractivity (Wildman–Crippen MR) is 165 cm³/mol. The molecule has 2 aromatic carbocycles. The largest absolute Gasteiger partial charge is 0.453 e. The van der Waals surface area contributed by atoms with Crippen LogP contribution in [-0.2, 0) is 16.6 Å². The van der Waals surface area contributed by atoms with Gasteiger partial charge in [0.15, 0.2) is 5.82 Å². The Morgan fingerprint density at radius 3 is 2.64 bits per heavy atom. The number of fused-ring (bicyclic) bond motifs is 5. The third kappa shape index (κ3) is 6.35. The van der Waals surface area contributed by atoms with E-state index in [9.17, 15) is 14.4 Å². The Labute approximate surface area is 257 Å². The van der Waals surface area contributed by atoms with Crippen LogP contribution in [0.15, 0.2) is 48.9 Å². The molecular weight excluding hydrogens is 586 g/mol. The number of methoxy groups -OCH3 is 1. The maximum atomic E-state index is 15.3. The van der Waals surface area contributed by atoms with Crippen molar-refractivity contribution in [1.29, 1.82) is 0 Å². The molecule has 2 aromatic heterocycles. The fourth-order valence-electron chi connectivity index (χ4n) is 5.35. The highest BCUT2D eigenvalue weighted by molar-refractivity contribution is 5.98. The highest BCUT2D eigenvalue weighted by Gasteiger charge is 2.28. The molecule has 0 aliphatic carbocycles. The lowest BCUT2D eigenvalue weighted by molar-refractivity contribution is -0.124. The first-order valence-corrected chi connectivity index (χ1v) is 14.3. The van der Waals surface area contributed by atoms with Crippen LogP contribution in [0.25, 0.3) is 22.3 Å². The lowest BCUT2D eigenvalue weighted by Gasteiger charge is -2.26. The SMILES string of the molecule is C=C(C(=O)N(C)C)[C@H]1CCCC[C@H](NC(=O)c2c(F)cc3c(ncn3C)c2F)c2nc(c[nH]2)-c2ccc(NC(=O)OC)cc2N1. The number of ether oxygens (including phenoxy) is 1. The molecule has 0 saturated heterocycles. The van der Waals surface area contributed by atoms with Gasteiger partial charge in [-0.05, 0) is 31.0 Å². The summed E-state index contributed by atoms with van der Waals surface area (Å²) in [5.41, 5.74) is 1.87. The molecule has 4 N–H and O–H groups in total. The van der Waals surface area contributed by atoms with Crippen LogP contribution in [0, 0.1) is 11.6 Å². The second-order valence-corrected chi connectivity index (χ2v) is 11.1. The highest BCUT2D eigenvalue weighted by Crippen LogP contribution is 2.34. The summed E-state index contributed by atoms with van der Waals surface area (Å²) in [4.78, 5) is 51.4. The zero-order valence-corrected chi connectivity index (χ0v) is 25.3. The molecule has 12 nitrogen and oxygen atoms in total. The average Bonchev–Trinajstić information content (AvgIpc) is 3.64. The molecule has 45 heavy (non-hydrogen) atoms. The summed E-state index contributed by atoms with van der Waals surface area (Å²) in [7, 11) is 6.15. The Bertz CT molecular complexity index is 1800. The van der Waals surface area contributed by atoms with Gasteiger partial charge in [0.1, 0.15) is 22.7 Å². The van der Waals surface area contributed by atoms with E-state index in [4.69, 9.17) is 9.72 Å². The first-order valence-electron chi connectivity index (χ1n) is 14.3. The van der Waals surface area contributed by atoms with Crippen LogP contribution in [0.2, 0.25) is 0 Å².